The standard InChI is InChI=1S/C14H13N3/c1-11-8-16-17(9-11)10-13-5-2-4-12-6-3-7-15-14(12)13/h2-9H,10H2,1H3. The molecule has 0 aliphatic heterocycles. The van der Waals surface area contributed by atoms with Gasteiger partial charge in [-0.25, -0.2) is 0 Å². The van der Waals surface area contributed by atoms with Crippen molar-refractivity contribution in [3.63, 3.8) is 0 Å². The van der Waals surface area contributed by atoms with Gasteiger partial charge in [0.1, 0.15) is 0 Å². The predicted molar refractivity (Wildman–Crippen MR) is 67.8 cm³/mol. The first-order chi connectivity index (χ1) is 8.33. The van der Waals surface area contributed by atoms with Crippen LogP contribution in [0.4, 0.5) is 0 Å². The van der Waals surface area contributed by atoms with E-state index in [9.17, 15) is 0 Å². The van der Waals surface area contributed by atoms with Crippen molar-refractivity contribution in [1.82, 2.24) is 14.8 Å². The molecule has 0 aliphatic rings. The Bertz CT molecular complexity index is 650. The van der Waals surface area contributed by atoms with E-state index in [4.69, 9.17) is 0 Å². The summed E-state index contributed by atoms with van der Waals surface area (Å²) < 4.78 is 1.94. The first-order valence-corrected chi connectivity index (χ1v) is 5.64. The number of aromatic nitrogens is 3. The summed E-state index contributed by atoms with van der Waals surface area (Å²) in [6, 6.07) is 10.3. The molecule has 3 aromatic rings. The fourth-order valence-electron chi connectivity index (χ4n) is 2.02. The molecule has 0 fully saturated rings. The lowest BCUT2D eigenvalue weighted by molar-refractivity contribution is 0.689. The summed E-state index contributed by atoms with van der Waals surface area (Å²) in [6.07, 6.45) is 5.75. The average Bonchev–Trinajstić information content (AvgIpc) is 2.75. The first-order valence-electron chi connectivity index (χ1n) is 5.64. The SMILES string of the molecule is Cc1cnn(Cc2cccc3cccnc23)c1. The molecular formula is C14H13N3. The lowest BCUT2D eigenvalue weighted by Crippen LogP contribution is -2.01. The third-order valence-electron chi connectivity index (χ3n) is 2.81. The summed E-state index contributed by atoms with van der Waals surface area (Å²) in [7, 11) is 0. The molecule has 0 bridgehead atoms. The van der Waals surface area contributed by atoms with Gasteiger partial charge in [0.2, 0.25) is 0 Å². The van der Waals surface area contributed by atoms with E-state index in [2.05, 4.69) is 34.3 Å². The minimum atomic E-state index is 0.766. The molecule has 0 radical (unpaired) electrons. The lowest BCUT2D eigenvalue weighted by atomic mass is 10.1. The van der Waals surface area contributed by atoms with Crippen LogP contribution in [0.25, 0.3) is 10.9 Å². The van der Waals surface area contributed by atoms with Gasteiger partial charge in [0.05, 0.1) is 18.3 Å². The highest BCUT2D eigenvalue weighted by Crippen LogP contribution is 2.16. The van der Waals surface area contributed by atoms with E-state index in [0.29, 0.717) is 0 Å². The molecule has 1 aromatic carbocycles. The van der Waals surface area contributed by atoms with Gasteiger partial charge in [-0.15, -0.1) is 0 Å². The molecule has 3 heteroatoms. The number of hydrogen-bond donors (Lipinski definition) is 0. The van der Waals surface area contributed by atoms with Gasteiger partial charge in [-0.3, -0.25) is 9.67 Å². The Morgan fingerprint density at radius 1 is 1.18 bits per heavy atom. The highest BCUT2D eigenvalue weighted by atomic mass is 15.3. The third-order valence-corrected chi connectivity index (χ3v) is 2.81. The summed E-state index contributed by atoms with van der Waals surface area (Å²) in [5.41, 5.74) is 3.44. The number of benzene rings is 1. The predicted octanol–water partition coefficient (Wildman–Crippen LogP) is 2.79. The van der Waals surface area contributed by atoms with Crippen molar-refractivity contribution < 1.29 is 0 Å². The maximum Gasteiger partial charge on any atom is 0.0752 e. The maximum absolute atomic E-state index is 4.44. The molecule has 0 saturated carbocycles. The summed E-state index contributed by atoms with van der Waals surface area (Å²) >= 11 is 0. The van der Waals surface area contributed by atoms with Crippen LogP contribution in [0.3, 0.4) is 0 Å². The molecule has 0 unspecified atom stereocenters. The molecule has 0 aliphatic carbocycles. The van der Waals surface area contributed by atoms with Crippen LogP contribution in [0.1, 0.15) is 11.1 Å². The van der Waals surface area contributed by atoms with Crippen LogP contribution in [-0.4, -0.2) is 14.8 Å². The molecule has 0 saturated heterocycles. The van der Waals surface area contributed by atoms with Gasteiger partial charge in [0, 0.05) is 17.8 Å². The van der Waals surface area contributed by atoms with Crippen LogP contribution in [0.15, 0.2) is 48.9 Å². The first kappa shape index (κ1) is 10.0. The molecule has 3 nitrogen and oxygen atoms in total. The second kappa shape index (κ2) is 4.01. The van der Waals surface area contributed by atoms with Gasteiger partial charge in [-0.1, -0.05) is 24.3 Å². The summed E-state index contributed by atoms with van der Waals surface area (Å²) in [4.78, 5) is 4.44. The van der Waals surface area contributed by atoms with Crippen molar-refractivity contribution in [2.75, 3.05) is 0 Å². The van der Waals surface area contributed by atoms with E-state index >= 15 is 0 Å². The summed E-state index contributed by atoms with van der Waals surface area (Å²) in [5.74, 6) is 0. The number of fused-ring (bicyclic) bond motifs is 1. The van der Waals surface area contributed by atoms with Gasteiger partial charge in [0.25, 0.3) is 0 Å². The second-order valence-corrected chi connectivity index (χ2v) is 4.21. The Labute approximate surface area is 99.7 Å². The normalized spacial score (nSPS) is 10.9. The van der Waals surface area contributed by atoms with Crippen molar-refractivity contribution >= 4 is 10.9 Å². The van der Waals surface area contributed by atoms with E-state index in [0.717, 1.165) is 12.1 Å². The molecule has 3 rings (SSSR count). The smallest absolute Gasteiger partial charge is 0.0752 e. The molecule has 0 spiro atoms. The van der Waals surface area contributed by atoms with Crippen molar-refractivity contribution in [3.05, 3.63) is 60.0 Å². The van der Waals surface area contributed by atoms with Crippen LogP contribution >= 0.6 is 0 Å². The molecule has 84 valence electrons. The Morgan fingerprint density at radius 2 is 2.06 bits per heavy atom. The minimum absolute atomic E-state index is 0.766. The summed E-state index contributed by atoms with van der Waals surface area (Å²) in [6.45, 7) is 2.81. The Morgan fingerprint density at radius 3 is 2.88 bits per heavy atom. The molecule has 2 heterocycles. The number of rotatable bonds is 2. The zero-order valence-electron chi connectivity index (χ0n) is 9.67. The van der Waals surface area contributed by atoms with Crippen molar-refractivity contribution in [1.29, 1.82) is 0 Å². The maximum atomic E-state index is 4.44. The monoisotopic (exact) mass is 223 g/mol. The van der Waals surface area contributed by atoms with Crippen molar-refractivity contribution in [3.8, 4) is 0 Å². The highest BCUT2D eigenvalue weighted by molar-refractivity contribution is 5.81. The largest absolute Gasteiger partial charge is 0.268 e. The fourth-order valence-corrected chi connectivity index (χ4v) is 2.02. The van der Waals surface area contributed by atoms with Crippen LogP contribution in [-0.2, 0) is 6.54 Å². The third kappa shape index (κ3) is 1.91. The quantitative estimate of drug-likeness (QED) is 0.668. The van der Waals surface area contributed by atoms with E-state index in [1.165, 1.54) is 16.5 Å². The second-order valence-electron chi connectivity index (χ2n) is 4.21. The van der Waals surface area contributed by atoms with Crippen LogP contribution in [0.2, 0.25) is 0 Å². The Balaban J connectivity index is 2.05. The van der Waals surface area contributed by atoms with Crippen LogP contribution in [0.5, 0.6) is 0 Å². The molecular weight excluding hydrogens is 210 g/mol. The lowest BCUT2D eigenvalue weighted by Gasteiger charge is -2.05. The number of para-hydroxylation sites is 1. The van der Waals surface area contributed by atoms with Gasteiger partial charge in [-0.05, 0) is 24.1 Å². The average molecular weight is 223 g/mol. The number of hydrogen-bond acceptors (Lipinski definition) is 2. The van der Waals surface area contributed by atoms with Crippen molar-refractivity contribution in [2.24, 2.45) is 0 Å². The van der Waals surface area contributed by atoms with Crippen molar-refractivity contribution in [2.45, 2.75) is 13.5 Å². The number of pyridine rings is 1. The molecule has 0 N–H and O–H groups in total. The molecule has 0 amide bonds. The highest BCUT2D eigenvalue weighted by Gasteiger charge is 2.02. The van der Waals surface area contributed by atoms with Gasteiger partial charge < -0.3 is 0 Å². The molecule has 0 atom stereocenters. The Kier molecular flexibility index (Phi) is 2.37. The fraction of sp³-hybridized carbons (Fsp3) is 0.143. The minimum Gasteiger partial charge on any atom is -0.268 e. The van der Waals surface area contributed by atoms with Crippen LogP contribution < -0.4 is 0 Å². The van der Waals surface area contributed by atoms with E-state index in [1.54, 1.807) is 0 Å². The van der Waals surface area contributed by atoms with Gasteiger partial charge >= 0.3 is 0 Å². The van der Waals surface area contributed by atoms with Gasteiger partial charge in [0.15, 0.2) is 0 Å². The Hall–Kier alpha value is -2.16. The molecule has 2 aromatic heterocycles. The molecule has 17 heavy (non-hydrogen) atoms. The zero-order chi connectivity index (χ0) is 11.7. The zero-order valence-corrected chi connectivity index (χ0v) is 9.67. The van der Waals surface area contributed by atoms with Crippen LogP contribution in [0, 0.1) is 6.92 Å². The topological polar surface area (TPSA) is 30.7 Å². The summed E-state index contributed by atoms with van der Waals surface area (Å²) in [5, 5.41) is 5.48. The van der Waals surface area contributed by atoms with E-state index < -0.39 is 0 Å². The van der Waals surface area contributed by atoms with E-state index in [1.807, 2.05) is 36.3 Å². The van der Waals surface area contributed by atoms with E-state index in [-0.39, 0.29) is 0 Å². The number of aryl methyl sites for hydroxylation is 1. The van der Waals surface area contributed by atoms with Gasteiger partial charge in [-0.2, -0.15) is 5.10 Å². The number of nitrogens with zero attached hydrogens (tertiary/aromatic N) is 3.